The Morgan fingerprint density at radius 1 is 1.30 bits per heavy atom. The fourth-order valence-electron chi connectivity index (χ4n) is 2.98. The van der Waals surface area contributed by atoms with Gasteiger partial charge in [0.25, 0.3) is 0 Å². The van der Waals surface area contributed by atoms with Crippen molar-refractivity contribution in [1.29, 1.82) is 0 Å². The highest BCUT2D eigenvalue weighted by Crippen LogP contribution is 2.37. The molecule has 1 fully saturated rings. The zero-order chi connectivity index (χ0) is 24.5. The van der Waals surface area contributed by atoms with Gasteiger partial charge in [-0.05, 0) is 73.7 Å². The lowest BCUT2D eigenvalue weighted by atomic mass is 10.1. The van der Waals surface area contributed by atoms with Crippen molar-refractivity contribution in [3.8, 4) is 0 Å². The van der Waals surface area contributed by atoms with Gasteiger partial charge in [-0.25, -0.2) is 9.79 Å². The summed E-state index contributed by atoms with van der Waals surface area (Å²) in [6.45, 7) is 5.73. The lowest BCUT2D eigenvalue weighted by Crippen LogP contribution is -2.32. The molecule has 1 aromatic carbocycles. The molecule has 1 saturated heterocycles. The Morgan fingerprint density at radius 3 is 2.55 bits per heavy atom. The molecule has 10 heteroatoms. The second-order valence-corrected chi connectivity index (χ2v) is 9.18. The SMILES string of the molecule is C\C=C/C(=C\C=C\OC1CCN(Sc2ccccc2CCC)CC1)SC(F)(F)F.O=CNO. The number of rotatable bonds is 10. The van der Waals surface area contributed by atoms with E-state index in [0.717, 1.165) is 38.8 Å². The van der Waals surface area contributed by atoms with E-state index in [0.29, 0.717) is 0 Å². The highest BCUT2D eigenvalue weighted by atomic mass is 32.2. The van der Waals surface area contributed by atoms with Crippen LogP contribution >= 0.6 is 23.7 Å². The molecule has 5 nitrogen and oxygen atoms in total. The molecule has 1 heterocycles. The monoisotopic (exact) mass is 504 g/mol. The van der Waals surface area contributed by atoms with Crippen LogP contribution in [0.5, 0.6) is 0 Å². The lowest BCUT2D eigenvalue weighted by molar-refractivity contribution is -0.116. The summed E-state index contributed by atoms with van der Waals surface area (Å²) in [6.07, 6.45) is 11.8. The van der Waals surface area contributed by atoms with Crippen molar-refractivity contribution in [3.05, 3.63) is 65.3 Å². The van der Waals surface area contributed by atoms with Crippen molar-refractivity contribution in [2.75, 3.05) is 13.1 Å². The second-order valence-electron chi connectivity index (χ2n) is 6.91. The predicted octanol–water partition coefficient (Wildman–Crippen LogP) is 6.48. The minimum atomic E-state index is -4.29. The van der Waals surface area contributed by atoms with E-state index >= 15 is 0 Å². The molecule has 184 valence electrons. The van der Waals surface area contributed by atoms with Crippen molar-refractivity contribution >= 4 is 30.1 Å². The molecule has 0 unspecified atom stereocenters. The van der Waals surface area contributed by atoms with E-state index < -0.39 is 5.51 Å². The standard InChI is InChI=1S/C22H28F3NOS2.CH3NO2/c1-3-8-18-10-5-6-12-21(18)29-26-15-13-19(14-16-26)27-17-7-11-20(9-4-2)28-22(23,24)25;3-1-2-4/h4-7,9-12,17,19H,3,8,13-16H2,1-2H3;1,4H,(H,2,3)/b9-4-,17-7+,20-11+;. The number of piperidine rings is 1. The highest BCUT2D eigenvalue weighted by molar-refractivity contribution is 8.04. The molecule has 0 spiro atoms. The van der Waals surface area contributed by atoms with Crippen LogP contribution in [-0.2, 0) is 16.0 Å². The first-order valence-electron chi connectivity index (χ1n) is 10.6. The maximum absolute atomic E-state index is 12.5. The quantitative estimate of drug-likeness (QED) is 0.0950. The molecule has 0 atom stereocenters. The van der Waals surface area contributed by atoms with Crippen molar-refractivity contribution in [1.82, 2.24) is 9.79 Å². The number of hydrogen-bond donors (Lipinski definition) is 2. The predicted molar refractivity (Wildman–Crippen MR) is 129 cm³/mol. The molecule has 0 saturated carbocycles. The summed E-state index contributed by atoms with van der Waals surface area (Å²) in [4.78, 5) is 10.3. The number of carbonyl (C=O) groups excluding carboxylic acids is 1. The van der Waals surface area contributed by atoms with Gasteiger partial charge in [-0.2, -0.15) is 13.2 Å². The van der Waals surface area contributed by atoms with Crippen LogP contribution in [0, 0.1) is 0 Å². The third kappa shape index (κ3) is 13.4. The average molecular weight is 505 g/mol. The second kappa shape index (κ2) is 16.7. The molecule has 2 rings (SSSR count). The van der Waals surface area contributed by atoms with Gasteiger partial charge < -0.3 is 4.74 Å². The molecule has 33 heavy (non-hydrogen) atoms. The van der Waals surface area contributed by atoms with Crippen molar-refractivity contribution in [2.45, 2.75) is 56.0 Å². The fourth-order valence-corrected chi connectivity index (χ4v) is 4.70. The van der Waals surface area contributed by atoms with Crippen molar-refractivity contribution in [2.24, 2.45) is 0 Å². The summed E-state index contributed by atoms with van der Waals surface area (Å²) in [5, 5.41) is 7.26. The van der Waals surface area contributed by atoms with Crippen LogP contribution < -0.4 is 5.48 Å². The molecule has 1 aromatic rings. The molecular formula is C23H31F3N2O3S2. The highest BCUT2D eigenvalue weighted by Gasteiger charge is 2.29. The zero-order valence-corrected chi connectivity index (χ0v) is 20.4. The van der Waals surface area contributed by atoms with Gasteiger partial charge in [0.15, 0.2) is 0 Å². The van der Waals surface area contributed by atoms with Gasteiger partial charge in [0.05, 0.1) is 6.26 Å². The Morgan fingerprint density at radius 2 is 1.97 bits per heavy atom. The van der Waals surface area contributed by atoms with Crippen LogP contribution in [0.25, 0.3) is 0 Å². The van der Waals surface area contributed by atoms with E-state index in [2.05, 4.69) is 35.5 Å². The van der Waals surface area contributed by atoms with E-state index in [9.17, 15) is 13.2 Å². The van der Waals surface area contributed by atoms with Crippen LogP contribution in [0.2, 0.25) is 0 Å². The zero-order valence-electron chi connectivity index (χ0n) is 18.8. The Bertz CT molecular complexity index is 778. The van der Waals surface area contributed by atoms with Gasteiger partial charge in [-0.1, -0.05) is 43.7 Å². The Labute approximate surface area is 202 Å². The summed E-state index contributed by atoms with van der Waals surface area (Å²) >= 11 is 1.69. The summed E-state index contributed by atoms with van der Waals surface area (Å²) < 4.78 is 45.6. The number of halogens is 3. The summed E-state index contributed by atoms with van der Waals surface area (Å²) in [5.41, 5.74) is -1.65. The Hall–Kier alpha value is -1.88. The normalized spacial score (nSPS) is 16.0. The first kappa shape index (κ1) is 29.2. The van der Waals surface area contributed by atoms with Crippen LogP contribution in [0.1, 0.15) is 38.7 Å². The van der Waals surface area contributed by atoms with Crippen molar-refractivity contribution in [3.63, 3.8) is 0 Å². The number of nitrogens with one attached hydrogen (secondary N) is 1. The smallest absolute Gasteiger partial charge is 0.446 e. The fraction of sp³-hybridized carbons (Fsp3) is 0.435. The number of benzene rings is 1. The van der Waals surface area contributed by atoms with Gasteiger partial charge in [0.2, 0.25) is 6.41 Å². The molecule has 0 aromatic heterocycles. The van der Waals surface area contributed by atoms with Gasteiger partial charge in [0.1, 0.15) is 6.10 Å². The number of thioether (sulfide) groups is 1. The molecule has 2 N–H and O–H groups in total. The summed E-state index contributed by atoms with van der Waals surface area (Å²) in [6, 6.07) is 8.53. The molecule has 0 bridgehead atoms. The first-order chi connectivity index (χ1) is 15.8. The minimum Gasteiger partial charge on any atom is -0.498 e. The molecule has 0 aliphatic carbocycles. The van der Waals surface area contributed by atoms with Crippen molar-refractivity contribution < 1.29 is 27.9 Å². The number of alkyl halides is 3. The number of ether oxygens (including phenoxy) is 1. The molecule has 0 radical (unpaired) electrons. The number of carbonyl (C=O) groups is 1. The Kier molecular flexibility index (Phi) is 14.7. The number of amides is 1. The average Bonchev–Trinajstić information content (AvgIpc) is 2.78. The maximum atomic E-state index is 12.5. The third-order valence-electron chi connectivity index (χ3n) is 4.35. The maximum Gasteiger partial charge on any atom is 0.446 e. The molecule has 1 amide bonds. The topological polar surface area (TPSA) is 61.8 Å². The van der Waals surface area contributed by atoms with Gasteiger partial charge >= 0.3 is 5.51 Å². The van der Waals surface area contributed by atoms with Crippen LogP contribution in [-0.4, -0.2) is 40.6 Å². The Balaban J connectivity index is 0.00000125. The molecule has 1 aliphatic heterocycles. The molecular weight excluding hydrogens is 473 g/mol. The van der Waals surface area contributed by atoms with Gasteiger partial charge in [0, 0.05) is 22.9 Å². The van der Waals surface area contributed by atoms with E-state index in [4.69, 9.17) is 14.7 Å². The lowest BCUT2D eigenvalue weighted by Gasteiger charge is -2.30. The number of nitrogens with zero attached hydrogens (tertiary/aromatic N) is 1. The summed E-state index contributed by atoms with van der Waals surface area (Å²) in [5.74, 6) is 0. The van der Waals surface area contributed by atoms with Crippen LogP contribution in [0.15, 0.2) is 64.6 Å². The minimum absolute atomic E-state index is 0.0998. The number of hydroxylamine groups is 1. The molecule has 1 aliphatic rings. The van der Waals surface area contributed by atoms with E-state index in [-0.39, 0.29) is 29.2 Å². The van der Waals surface area contributed by atoms with E-state index in [1.807, 2.05) is 11.9 Å². The van der Waals surface area contributed by atoms with E-state index in [1.165, 1.54) is 40.4 Å². The number of hydrogen-bond acceptors (Lipinski definition) is 6. The number of allylic oxidation sites excluding steroid dienone is 4. The summed E-state index contributed by atoms with van der Waals surface area (Å²) in [7, 11) is 0. The largest absolute Gasteiger partial charge is 0.498 e. The van der Waals surface area contributed by atoms with Gasteiger partial charge in [-0.15, -0.1) is 0 Å². The van der Waals surface area contributed by atoms with Gasteiger partial charge in [-0.3, -0.25) is 10.0 Å². The van der Waals surface area contributed by atoms with Crippen LogP contribution in [0.4, 0.5) is 13.2 Å². The number of aryl methyl sites for hydroxylation is 1. The van der Waals surface area contributed by atoms with E-state index in [1.54, 1.807) is 13.0 Å². The van der Waals surface area contributed by atoms with Crippen LogP contribution in [0.3, 0.4) is 0 Å². The first-order valence-corrected chi connectivity index (χ1v) is 12.2. The third-order valence-corrected chi connectivity index (χ3v) is 6.31.